The molecule has 1 saturated heterocycles. The van der Waals surface area contributed by atoms with E-state index in [9.17, 15) is 4.79 Å². The van der Waals surface area contributed by atoms with Gasteiger partial charge >= 0.3 is 0 Å². The first-order valence-electron chi connectivity index (χ1n) is 11.4. The first-order valence-corrected chi connectivity index (χ1v) is 11.4. The molecule has 3 aromatic heterocycles. The van der Waals surface area contributed by atoms with Gasteiger partial charge in [0.2, 0.25) is 5.91 Å². The zero-order chi connectivity index (χ0) is 23.8. The van der Waals surface area contributed by atoms with Crippen molar-refractivity contribution in [3.05, 3.63) is 84.9 Å². The molecule has 172 valence electrons. The van der Waals surface area contributed by atoms with Gasteiger partial charge in [-0.3, -0.25) is 4.79 Å². The maximum atomic E-state index is 12.8. The molecule has 9 heteroatoms. The smallest absolute Gasteiger partial charge is 0.231 e. The van der Waals surface area contributed by atoms with Gasteiger partial charge in [-0.2, -0.15) is 9.61 Å². The molecular weight excluding hydrogens is 440 g/mol. The minimum absolute atomic E-state index is 0.00555. The minimum Gasteiger partial charge on any atom is -0.355 e. The number of carbonyl (C=O) groups excluding carboxylic acids is 1. The van der Waals surface area contributed by atoms with E-state index in [1.807, 2.05) is 79.7 Å². The summed E-state index contributed by atoms with van der Waals surface area (Å²) in [5.41, 5.74) is 5.14. The quantitative estimate of drug-likeness (QED) is 0.426. The van der Waals surface area contributed by atoms with Crippen LogP contribution in [0.5, 0.6) is 0 Å². The highest BCUT2D eigenvalue weighted by Crippen LogP contribution is 2.27. The number of hydrogen-bond acceptors (Lipinski definition) is 7. The third-order valence-electron chi connectivity index (χ3n) is 6.17. The van der Waals surface area contributed by atoms with Crippen molar-refractivity contribution in [3.8, 4) is 22.5 Å². The van der Waals surface area contributed by atoms with Crippen molar-refractivity contribution in [2.24, 2.45) is 5.92 Å². The highest BCUT2D eigenvalue weighted by molar-refractivity contribution is 5.94. The maximum absolute atomic E-state index is 12.8. The lowest BCUT2D eigenvalue weighted by molar-refractivity contribution is -0.120. The summed E-state index contributed by atoms with van der Waals surface area (Å²) in [6.07, 6.45) is 1.57. The fourth-order valence-corrected chi connectivity index (χ4v) is 4.14. The van der Waals surface area contributed by atoms with Gasteiger partial charge in [0, 0.05) is 36.0 Å². The number of carbonyl (C=O) groups is 1. The van der Waals surface area contributed by atoms with Crippen LogP contribution < -0.4 is 10.2 Å². The van der Waals surface area contributed by atoms with Crippen LogP contribution in [0.4, 0.5) is 11.5 Å². The van der Waals surface area contributed by atoms with Crippen LogP contribution in [0.1, 0.15) is 5.82 Å². The number of benzene rings is 2. The Hall–Kier alpha value is -4.66. The second-order valence-electron chi connectivity index (χ2n) is 8.53. The third-order valence-corrected chi connectivity index (χ3v) is 6.17. The van der Waals surface area contributed by atoms with Crippen molar-refractivity contribution in [1.82, 2.24) is 29.8 Å². The van der Waals surface area contributed by atoms with Crippen LogP contribution in [-0.4, -0.2) is 48.8 Å². The number of anilines is 2. The summed E-state index contributed by atoms with van der Waals surface area (Å²) < 4.78 is 1.72. The van der Waals surface area contributed by atoms with Crippen molar-refractivity contribution >= 4 is 23.1 Å². The Kier molecular flexibility index (Phi) is 5.14. The third kappa shape index (κ3) is 4.08. The van der Waals surface area contributed by atoms with Crippen LogP contribution in [0.2, 0.25) is 0 Å². The number of nitrogens with one attached hydrogen (secondary N) is 1. The molecule has 0 saturated carbocycles. The SMILES string of the molecule is Cc1nnc2ccc(-c3ccc(NC(=O)C4CN(c5cc(-c6ccccc6)ncn5)C4)cc3)nn12. The molecule has 6 rings (SSSR count). The molecule has 0 radical (unpaired) electrons. The molecule has 0 unspecified atom stereocenters. The van der Waals surface area contributed by atoms with Gasteiger partial charge in [0.05, 0.1) is 17.3 Å². The van der Waals surface area contributed by atoms with Gasteiger partial charge in [0.15, 0.2) is 11.5 Å². The summed E-state index contributed by atoms with van der Waals surface area (Å²) in [7, 11) is 0. The Labute approximate surface area is 201 Å². The van der Waals surface area contributed by atoms with Crippen LogP contribution >= 0.6 is 0 Å². The Morgan fingerprint density at radius 2 is 1.66 bits per heavy atom. The summed E-state index contributed by atoms with van der Waals surface area (Å²) in [6.45, 7) is 3.11. The highest BCUT2D eigenvalue weighted by atomic mass is 16.2. The molecule has 5 aromatic rings. The lowest BCUT2D eigenvalue weighted by Crippen LogP contribution is -2.52. The van der Waals surface area contributed by atoms with Crippen molar-refractivity contribution in [1.29, 1.82) is 0 Å². The largest absolute Gasteiger partial charge is 0.355 e. The van der Waals surface area contributed by atoms with E-state index in [0.29, 0.717) is 18.7 Å². The van der Waals surface area contributed by atoms with Gasteiger partial charge in [-0.05, 0) is 31.2 Å². The number of fused-ring (bicyclic) bond motifs is 1. The summed E-state index contributed by atoms with van der Waals surface area (Å²) in [6, 6.07) is 23.4. The van der Waals surface area contributed by atoms with E-state index >= 15 is 0 Å². The van der Waals surface area contributed by atoms with Crippen molar-refractivity contribution in [2.45, 2.75) is 6.92 Å². The molecule has 0 aliphatic carbocycles. The average molecular weight is 463 g/mol. The lowest BCUT2D eigenvalue weighted by Gasteiger charge is -2.39. The standard InChI is InChI=1S/C26H22N8O/c1-17-30-31-24-12-11-22(32-34(17)24)19-7-9-21(10-8-19)29-26(35)20-14-33(15-20)25-13-23(27-16-28-25)18-5-3-2-4-6-18/h2-13,16,20H,14-15H2,1H3,(H,29,35). The highest BCUT2D eigenvalue weighted by Gasteiger charge is 2.33. The number of amides is 1. The number of hydrogen-bond donors (Lipinski definition) is 1. The monoisotopic (exact) mass is 462 g/mol. The Bertz CT molecular complexity index is 1510. The molecule has 2 aromatic carbocycles. The normalized spacial score (nSPS) is 13.6. The van der Waals surface area contributed by atoms with E-state index in [2.05, 4.69) is 35.5 Å². The first-order chi connectivity index (χ1) is 17.1. The number of aromatic nitrogens is 6. The summed E-state index contributed by atoms with van der Waals surface area (Å²) in [5, 5.41) is 15.7. The van der Waals surface area contributed by atoms with Gasteiger partial charge in [-0.15, -0.1) is 10.2 Å². The van der Waals surface area contributed by atoms with E-state index in [-0.39, 0.29) is 11.8 Å². The molecule has 1 amide bonds. The zero-order valence-electron chi connectivity index (χ0n) is 19.0. The van der Waals surface area contributed by atoms with Crippen LogP contribution in [0.25, 0.3) is 28.2 Å². The summed E-state index contributed by atoms with van der Waals surface area (Å²) in [4.78, 5) is 23.6. The van der Waals surface area contributed by atoms with Gasteiger partial charge in [-0.1, -0.05) is 42.5 Å². The van der Waals surface area contributed by atoms with Gasteiger partial charge in [0.1, 0.15) is 12.1 Å². The topological polar surface area (TPSA) is 101 Å². The summed E-state index contributed by atoms with van der Waals surface area (Å²) in [5.74, 6) is 1.48. The molecule has 1 N–H and O–H groups in total. The Balaban J connectivity index is 1.08. The predicted octanol–water partition coefficient (Wildman–Crippen LogP) is 3.63. The molecule has 0 bridgehead atoms. The van der Waals surface area contributed by atoms with Gasteiger partial charge in [0.25, 0.3) is 0 Å². The van der Waals surface area contributed by atoms with E-state index in [1.165, 1.54) is 0 Å². The molecule has 0 atom stereocenters. The molecule has 1 fully saturated rings. The molecule has 9 nitrogen and oxygen atoms in total. The summed E-state index contributed by atoms with van der Waals surface area (Å²) >= 11 is 0. The van der Waals surface area contributed by atoms with Crippen LogP contribution in [-0.2, 0) is 4.79 Å². The van der Waals surface area contributed by atoms with Crippen molar-refractivity contribution < 1.29 is 4.79 Å². The lowest BCUT2D eigenvalue weighted by atomic mass is 9.98. The van der Waals surface area contributed by atoms with Crippen LogP contribution in [0.15, 0.2) is 79.1 Å². The Morgan fingerprint density at radius 1 is 0.886 bits per heavy atom. The second-order valence-corrected chi connectivity index (χ2v) is 8.53. The van der Waals surface area contributed by atoms with Crippen LogP contribution in [0, 0.1) is 12.8 Å². The number of aryl methyl sites for hydroxylation is 1. The number of nitrogens with zero attached hydrogens (tertiary/aromatic N) is 7. The van der Waals surface area contributed by atoms with Crippen molar-refractivity contribution in [2.75, 3.05) is 23.3 Å². The zero-order valence-corrected chi connectivity index (χ0v) is 19.0. The average Bonchev–Trinajstić information content (AvgIpc) is 3.24. The van der Waals surface area contributed by atoms with Crippen molar-refractivity contribution in [3.63, 3.8) is 0 Å². The van der Waals surface area contributed by atoms with E-state index in [0.717, 1.165) is 39.8 Å². The van der Waals surface area contributed by atoms with Crippen LogP contribution in [0.3, 0.4) is 0 Å². The molecule has 35 heavy (non-hydrogen) atoms. The molecule has 1 aliphatic rings. The van der Waals surface area contributed by atoms with Gasteiger partial charge < -0.3 is 10.2 Å². The molecule has 0 spiro atoms. The molecule has 1 aliphatic heterocycles. The number of rotatable bonds is 5. The van der Waals surface area contributed by atoms with Gasteiger partial charge in [-0.25, -0.2) is 9.97 Å². The molecule has 4 heterocycles. The maximum Gasteiger partial charge on any atom is 0.231 e. The second kappa shape index (κ2) is 8.60. The fourth-order valence-electron chi connectivity index (χ4n) is 4.14. The van der Waals surface area contributed by atoms with E-state index in [4.69, 9.17) is 0 Å². The fraction of sp³-hybridized carbons (Fsp3) is 0.154. The Morgan fingerprint density at radius 3 is 2.46 bits per heavy atom. The molecular formula is C26H22N8O. The van der Waals surface area contributed by atoms with E-state index < -0.39 is 0 Å². The predicted molar refractivity (Wildman–Crippen MR) is 133 cm³/mol. The minimum atomic E-state index is -0.0920. The van der Waals surface area contributed by atoms with E-state index in [1.54, 1.807) is 10.8 Å². The first kappa shape index (κ1) is 20.9.